The van der Waals surface area contributed by atoms with Crippen molar-refractivity contribution in [1.29, 1.82) is 0 Å². The van der Waals surface area contributed by atoms with Crippen molar-refractivity contribution in [2.75, 3.05) is 6.61 Å². The Kier molecular flexibility index (Phi) is 9.57. The van der Waals surface area contributed by atoms with Crippen molar-refractivity contribution in [3.05, 3.63) is 42.5 Å². The third kappa shape index (κ3) is 7.61. The van der Waals surface area contributed by atoms with Gasteiger partial charge in [-0.1, -0.05) is 36.8 Å². The van der Waals surface area contributed by atoms with Crippen LogP contribution in [-0.2, 0) is 14.3 Å². The molecule has 1 heterocycles. The summed E-state index contributed by atoms with van der Waals surface area (Å²) >= 11 is 0. The Hall–Kier alpha value is -1.89. The van der Waals surface area contributed by atoms with Crippen molar-refractivity contribution in [2.24, 2.45) is 11.8 Å². The van der Waals surface area contributed by atoms with Crippen LogP contribution in [0, 0.1) is 11.8 Å². The number of aliphatic hydroxyl groups excluding tert-OH is 2. The molecule has 2 fully saturated rings. The zero-order valence-electron chi connectivity index (χ0n) is 19.3. The van der Waals surface area contributed by atoms with Crippen molar-refractivity contribution in [1.82, 2.24) is 0 Å². The summed E-state index contributed by atoms with van der Waals surface area (Å²) in [7, 11) is 0. The van der Waals surface area contributed by atoms with Crippen LogP contribution in [0.3, 0.4) is 0 Å². The van der Waals surface area contributed by atoms with Gasteiger partial charge in [-0.3, -0.25) is 4.79 Å². The van der Waals surface area contributed by atoms with Gasteiger partial charge in [0.1, 0.15) is 18.5 Å². The second kappa shape index (κ2) is 12.4. The lowest BCUT2D eigenvalue weighted by Crippen LogP contribution is -2.24. The quantitative estimate of drug-likeness (QED) is 0.417. The highest BCUT2D eigenvalue weighted by molar-refractivity contribution is 5.69. The highest BCUT2D eigenvalue weighted by Crippen LogP contribution is 2.42. The number of benzene rings is 1. The number of carbonyl (C=O) groups excluding carboxylic acids is 1. The molecule has 1 aliphatic heterocycles. The number of esters is 1. The van der Waals surface area contributed by atoms with Crippen molar-refractivity contribution in [3.63, 3.8) is 0 Å². The number of hydrogen-bond acceptors (Lipinski definition) is 6. The molecule has 6 atom stereocenters. The molecule has 1 aliphatic carbocycles. The lowest BCUT2D eigenvalue weighted by Gasteiger charge is -2.23. The lowest BCUT2D eigenvalue weighted by atomic mass is 9.88. The number of fused-ring (bicyclic) bond motifs is 1. The van der Waals surface area contributed by atoms with Gasteiger partial charge in [-0.25, -0.2) is 0 Å². The Morgan fingerprint density at radius 2 is 2.03 bits per heavy atom. The van der Waals surface area contributed by atoms with Crippen molar-refractivity contribution < 1.29 is 29.2 Å². The van der Waals surface area contributed by atoms with E-state index >= 15 is 0 Å². The van der Waals surface area contributed by atoms with Crippen LogP contribution in [0.15, 0.2) is 42.5 Å². The van der Waals surface area contributed by atoms with E-state index in [1.54, 1.807) is 6.08 Å². The van der Waals surface area contributed by atoms with Gasteiger partial charge < -0.3 is 24.4 Å². The Balaban J connectivity index is 1.46. The Bertz CT molecular complexity index is 718. The number of carbonyl (C=O) groups is 1. The molecule has 3 rings (SSSR count). The van der Waals surface area contributed by atoms with Crippen LogP contribution in [0.2, 0.25) is 0 Å². The molecule has 6 nitrogen and oxygen atoms in total. The maximum absolute atomic E-state index is 11.8. The second-order valence-electron chi connectivity index (χ2n) is 9.28. The third-order valence-corrected chi connectivity index (χ3v) is 6.31. The number of rotatable bonds is 10. The number of para-hydroxylation sites is 1. The van der Waals surface area contributed by atoms with E-state index in [1.807, 2.05) is 50.3 Å². The van der Waals surface area contributed by atoms with Gasteiger partial charge in [-0.05, 0) is 57.6 Å². The zero-order chi connectivity index (χ0) is 22.9. The molecule has 178 valence electrons. The predicted octanol–water partition coefficient (Wildman–Crippen LogP) is 4.04. The molecule has 32 heavy (non-hydrogen) atoms. The molecule has 2 aliphatic rings. The minimum atomic E-state index is -0.730. The molecule has 0 spiro atoms. The van der Waals surface area contributed by atoms with E-state index in [0.29, 0.717) is 12.8 Å². The fourth-order valence-corrected chi connectivity index (χ4v) is 4.82. The van der Waals surface area contributed by atoms with E-state index in [9.17, 15) is 15.0 Å². The number of aliphatic hydroxyl groups is 2. The van der Waals surface area contributed by atoms with E-state index in [2.05, 4.69) is 0 Å². The molecule has 1 saturated heterocycles. The first kappa shape index (κ1) is 24.7. The zero-order valence-corrected chi connectivity index (χ0v) is 19.3. The summed E-state index contributed by atoms with van der Waals surface area (Å²) in [4.78, 5) is 11.8. The van der Waals surface area contributed by atoms with Crippen LogP contribution < -0.4 is 4.74 Å². The van der Waals surface area contributed by atoms with Gasteiger partial charge in [0.25, 0.3) is 0 Å². The molecule has 0 unspecified atom stereocenters. The SMILES string of the molecule is CC(C)OC(=O)CCC[C@@H]1CCC[C@@H]2[C@@H](C=C[C@@H](O)COc3ccccc3)[C@H](O)C[C@@H]2O1. The molecule has 1 saturated carbocycles. The molecule has 0 aromatic heterocycles. The first-order valence-electron chi connectivity index (χ1n) is 12.0. The molecule has 0 bridgehead atoms. The summed E-state index contributed by atoms with van der Waals surface area (Å²) in [6.45, 7) is 3.89. The van der Waals surface area contributed by atoms with E-state index in [-0.39, 0.29) is 42.7 Å². The van der Waals surface area contributed by atoms with Gasteiger partial charge in [0.2, 0.25) is 0 Å². The molecule has 0 radical (unpaired) electrons. The third-order valence-electron chi connectivity index (χ3n) is 6.31. The topological polar surface area (TPSA) is 85.2 Å². The van der Waals surface area contributed by atoms with Crippen molar-refractivity contribution >= 4 is 5.97 Å². The molecule has 1 aromatic rings. The highest BCUT2D eigenvalue weighted by atomic mass is 16.5. The van der Waals surface area contributed by atoms with E-state index in [4.69, 9.17) is 14.2 Å². The number of ether oxygens (including phenoxy) is 3. The van der Waals surface area contributed by atoms with Gasteiger partial charge in [0.05, 0.1) is 24.4 Å². The van der Waals surface area contributed by atoms with Crippen molar-refractivity contribution in [3.8, 4) is 5.75 Å². The maximum atomic E-state index is 11.8. The fraction of sp³-hybridized carbons (Fsp3) is 0.654. The summed E-state index contributed by atoms with van der Waals surface area (Å²) in [5.74, 6) is 0.801. The monoisotopic (exact) mass is 446 g/mol. The summed E-state index contributed by atoms with van der Waals surface area (Å²) < 4.78 is 17.2. The molecule has 2 N–H and O–H groups in total. The smallest absolute Gasteiger partial charge is 0.306 e. The van der Waals surface area contributed by atoms with Crippen LogP contribution in [0.25, 0.3) is 0 Å². The summed E-state index contributed by atoms with van der Waals surface area (Å²) in [6.07, 6.45) is 8.19. The van der Waals surface area contributed by atoms with Gasteiger partial charge in [-0.2, -0.15) is 0 Å². The summed E-state index contributed by atoms with van der Waals surface area (Å²) in [5, 5.41) is 20.9. The average molecular weight is 447 g/mol. The first-order valence-corrected chi connectivity index (χ1v) is 12.0. The van der Waals surface area contributed by atoms with Crippen LogP contribution in [0.5, 0.6) is 5.75 Å². The van der Waals surface area contributed by atoms with E-state index in [0.717, 1.165) is 37.9 Å². The Morgan fingerprint density at radius 1 is 1.25 bits per heavy atom. The lowest BCUT2D eigenvalue weighted by molar-refractivity contribution is -0.147. The Morgan fingerprint density at radius 3 is 2.78 bits per heavy atom. The van der Waals surface area contributed by atoms with Crippen LogP contribution >= 0.6 is 0 Å². The van der Waals surface area contributed by atoms with Crippen LogP contribution in [0.1, 0.15) is 58.8 Å². The normalized spacial score (nSPS) is 29.0. The van der Waals surface area contributed by atoms with Gasteiger partial charge in [0, 0.05) is 18.8 Å². The van der Waals surface area contributed by atoms with Gasteiger partial charge in [0.15, 0.2) is 0 Å². The maximum Gasteiger partial charge on any atom is 0.306 e. The molecular formula is C26H38O6. The second-order valence-corrected chi connectivity index (χ2v) is 9.28. The Labute approximate surface area is 191 Å². The first-order chi connectivity index (χ1) is 15.4. The minimum Gasteiger partial charge on any atom is -0.491 e. The average Bonchev–Trinajstić information content (AvgIpc) is 2.91. The minimum absolute atomic E-state index is 0.0208. The summed E-state index contributed by atoms with van der Waals surface area (Å²) in [5.41, 5.74) is 0. The highest BCUT2D eigenvalue weighted by Gasteiger charge is 2.43. The van der Waals surface area contributed by atoms with Crippen LogP contribution in [0.4, 0.5) is 0 Å². The molecule has 1 aromatic carbocycles. The van der Waals surface area contributed by atoms with E-state index in [1.165, 1.54) is 0 Å². The van der Waals surface area contributed by atoms with E-state index < -0.39 is 12.2 Å². The molecule has 0 amide bonds. The van der Waals surface area contributed by atoms with Crippen molar-refractivity contribution in [2.45, 2.75) is 89.3 Å². The van der Waals surface area contributed by atoms with Gasteiger partial charge >= 0.3 is 5.97 Å². The summed E-state index contributed by atoms with van der Waals surface area (Å²) in [6, 6.07) is 9.41. The molecular weight excluding hydrogens is 408 g/mol. The standard InChI is InChI=1S/C26H38O6/c1-18(2)31-26(29)13-7-11-21-10-6-12-23-22(24(28)16-25(23)32-21)15-14-19(27)17-30-20-8-4-3-5-9-20/h3-5,8-9,14-15,18-19,21-25,27-28H,6-7,10-13,16-17H2,1-2H3/t19-,21+,22-,23-,24-,25+/m1/s1. The van der Waals surface area contributed by atoms with Gasteiger partial charge in [-0.15, -0.1) is 0 Å². The fourth-order valence-electron chi connectivity index (χ4n) is 4.82. The number of hydrogen-bond donors (Lipinski definition) is 2. The predicted molar refractivity (Wildman–Crippen MR) is 122 cm³/mol. The molecule has 6 heteroatoms. The largest absolute Gasteiger partial charge is 0.491 e. The van der Waals surface area contributed by atoms with Crippen LogP contribution in [-0.4, -0.2) is 53.3 Å².